The number of carbonyl (C=O) groups is 2. The predicted molar refractivity (Wildman–Crippen MR) is 101 cm³/mol. The normalized spacial score (nSPS) is 12.8. The number of carboxylic acid groups (broad SMARTS) is 2. The first-order chi connectivity index (χ1) is 13.2. The lowest BCUT2D eigenvalue weighted by atomic mass is 10.0. The van der Waals surface area contributed by atoms with Crippen LogP contribution in [0.2, 0.25) is 0 Å². The van der Waals surface area contributed by atoms with Gasteiger partial charge in [0.1, 0.15) is 11.9 Å². The van der Waals surface area contributed by atoms with Crippen LogP contribution in [0.5, 0.6) is 0 Å². The first kappa shape index (κ1) is 20.6. The molecule has 0 amide bonds. The van der Waals surface area contributed by atoms with Crippen molar-refractivity contribution >= 4 is 29.3 Å². The molecule has 1 aromatic heterocycles. The van der Waals surface area contributed by atoms with E-state index in [1.54, 1.807) is 44.2 Å². The molecule has 1 aromatic carbocycles. The molecule has 1 heterocycles. The molecule has 0 bridgehead atoms. The van der Waals surface area contributed by atoms with Gasteiger partial charge in [-0.3, -0.25) is 10.1 Å². The number of nitrogens with zero attached hydrogens (tertiary/aromatic N) is 2. The van der Waals surface area contributed by atoms with E-state index >= 15 is 0 Å². The Labute approximate surface area is 160 Å². The molecule has 0 saturated heterocycles. The molecule has 4 N–H and O–H groups in total. The summed E-state index contributed by atoms with van der Waals surface area (Å²) in [4.78, 5) is 37.7. The Morgan fingerprint density at radius 1 is 1.04 bits per heavy atom. The number of benzene rings is 1. The lowest BCUT2D eigenvalue weighted by molar-refractivity contribution is -0.384. The second-order valence-corrected chi connectivity index (χ2v) is 6.35. The fourth-order valence-corrected chi connectivity index (χ4v) is 2.53. The summed E-state index contributed by atoms with van der Waals surface area (Å²) < 4.78 is 0. The predicted octanol–water partition coefficient (Wildman–Crippen LogP) is 2.75. The maximum Gasteiger partial charge on any atom is 0.330 e. The Hall–Kier alpha value is -3.69. The van der Waals surface area contributed by atoms with Crippen molar-refractivity contribution in [3.8, 4) is 0 Å². The van der Waals surface area contributed by atoms with Crippen LogP contribution in [0.1, 0.15) is 25.5 Å². The van der Waals surface area contributed by atoms with Crippen molar-refractivity contribution in [3.05, 3.63) is 58.1 Å². The highest BCUT2D eigenvalue weighted by molar-refractivity contribution is 5.80. The van der Waals surface area contributed by atoms with Crippen LogP contribution in [0.3, 0.4) is 0 Å². The van der Waals surface area contributed by atoms with E-state index in [1.165, 1.54) is 6.07 Å². The first-order valence-corrected chi connectivity index (χ1v) is 8.39. The Balaban J connectivity index is 2.39. The second kappa shape index (κ2) is 8.80. The van der Waals surface area contributed by atoms with Gasteiger partial charge in [-0.15, -0.1) is 0 Å². The summed E-state index contributed by atoms with van der Waals surface area (Å²) in [6.07, 6.45) is 0. The molecule has 28 heavy (non-hydrogen) atoms. The van der Waals surface area contributed by atoms with E-state index in [-0.39, 0.29) is 17.6 Å². The van der Waals surface area contributed by atoms with Gasteiger partial charge in [-0.05, 0) is 17.5 Å². The highest BCUT2D eigenvalue weighted by atomic mass is 16.6. The quantitative estimate of drug-likeness (QED) is 0.375. The van der Waals surface area contributed by atoms with Gasteiger partial charge < -0.3 is 20.8 Å². The average molecular weight is 388 g/mol. The number of nitro groups is 1. The number of anilines is 2. The lowest BCUT2D eigenvalue weighted by Crippen LogP contribution is -2.35. The third-order valence-corrected chi connectivity index (χ3v) is 3.97. The Morgan fingerprint density at radius 3 is 2.18 bits per heavy atom. The average Bonchev–Trinajstić information content (AvgIpc) is 2.64. The molecule has 0 saturated carbocycles. The van der Waals surface area contributed by atoms with E-state index in [1.807, 2.05) is 0 Å². The van der Waals surface area contributed by atoms with E-state index in [9.17, 15) is 29.9 Å². The number of aromatic nitrogens is 1. The summed E-state index contributed by atoms with van der Waals surface area (Å²) in [6, 6.07) is 8.52. The van der Waals surface area contributed by atoms with Gasteiger partial charge in [0.15, 0.2) is 6.04 Å². The highest BCUT2D eigenvalue weighted by Crippen LogP contribution is 2.27. The number of hydrogen-bond acceptors (Lipinski definition) is 7. The van der Waals surface area contributed by atoms with E-state index in [0.29, 0.717) is 5.56 Å². The largest absolute Gasteiger partial charge is 0.480 e. The second-order valence-electron chi connectivity index (χ2n) is 6.35. The zero-order valence-corrected chi connectivity index (χ0v) is 15.2. The van der Waals surface area contributed by atoms with Crippen molar-refractivity contribution in [1.29, 1.82) is 0 Å². The Kier molecular flexibility index (Phi) is 6.48. The van der Waals surface area contributed by atoms with E-state index in [0.717, 1.165) is 6.07 Å². The smallest absolute Gasteiger partial charge is 0.330 e. The maximum atomic E-state index is 11.6. The van der Waals surface area contributed by atoms with Crippen molar-refractivity contribution < 1.29 is 24.7 Å². The molecular formula is C18H20N4O6. The molecule has 0 aliphatic rings. The van der Waals surface area contributed by atoms with Gasteiger partial charge in [0.25, 0.3) is 0 Å². The van der Waals surface area contributed by atoms with Crippen LogP contribution in [0.4, 0.5) is 17.3 Å². The summed E-state index contributed by atoms with van der Waals surface area (Å²) in [5, 5.41) is 35.4. The maximum absolute atomic E-state index is 11.6. The lowest BCUT2D eigenvalue weighted by Gasteiger charge is -2.20. The van der Waals surface area contributed by atoms with Crippen molar-refractivity contribution in [2.45, 2.75) is 25.9 Å². The summed E-state index contributed by atoms with van der Waals surface area (Å²) in [6.45, 7) is 3.30. The summed E-state index contributed by atoms with van der Waals surface area (Å²) in [5.74, 6) is -2.92. The van der Waals surface area contributed by atoms with Crippen LogP contribution < -0.4 is 10.6 Å². The third-order valence-electron chi connectivity index (χ3n) is 3.97. The molecule has 2 atom stereocenters. The number of hydrogen-bond donors (Lipinski definition) is 4. The van der Waals surface area contributed by atoms with Gasteiger partial charge in [0, 0.05) is 6.07 Å². The van der Waals surface area contributed by atoms with Crippen molar-refractivity contribution in [2.24, 2.45) is 5.92 Å². The molecule has 2 rings (SSSR count). The van der Waals surface area contributed by atoms with Crippen LogP contribution in [0, 0.1) is 16.0 Å². The van der Waals surface area contributed by atoms with Gasteiger partial charge in [-0.2, -0.15) is 0 Å². The molecule has 0 radical (unpaired) electrons. The molecular weight excluding hydrogens is 368 g/mol. The molecule has 0 aliphatic heterocycles. The van der Waals surface area contributed by atoms with Crippen molar-refractivity contribution in [2.75, 3.05) is 10.6 Å². The van der Waals surface area contributed by atoms with Gasteiger partial charge in [0.05, 0.1) is 4.92 Å². The minimum atomic E-state index is -1.18. The number of carboxylic acids is 2. The molecule has 0 fully saturated rings. The zero-order chi connectivity index (χ0) is 20.8. The van der Waals surface area contributed by atoms with Gasteiger partial charge in [-0.25, -0.2) is 14.6 Å². The monoisotopic (exact) mass is 388 g/mol. The van der Waals surface area contributed by atoms with E-state index in [2.05, 4.69) is 15.6 Å². The summed E-state index contributed by atoms with van der Waals surface area (Å²) in [5.41, 5.74) is 0.0549. The summed E-state index contributed by atoms with van der Waals surface area (Å²) in [7, 11) is 0. The van der Waals surface area contributed by atoms with Gasteiger partial charge in [-0.1, -0.05) is 44.2 Å². The SMILES string of the molecule is CC(C)C(Nc1nc(NC(C(=O)O)c2ccccc2)ccc1[N+](=O)[O-])C(=O)O. The topological polar surface area (TPSA) is 155 Å². The Morgan fingerprint density at radius 2 is 1.68 bits per heavy atom. The molecule has 2 aromatic rings. The fraction of sp³-hybridized carbons (Fsp3) is 0.278. The zero-order valence-electron chi connectivity index (χ0n) is 15.2. The fourth-order valence-electron chi connectivity index (χ4n) is 2.53. The van der Waals surface area contributed by atoms with Crippen LogP contribution in [-0.4, -0.2) is 38.1 Å². The molecule has 0 aliphatic carbocycles. The van der Waals surface area contributed by atoms with E-state index in [4.69, 9.17) is 0 Å². The Bertz CT molecular complexity index is 872. The first-order valence-electron chi connectivity index (χ1n) is 8.39. The van der Waals surface area contributed by atoms with Crippen LogP contribution in [-0.2, 0) is 9.59 Å². The minimum absolute atomic E-state index is 0.0530. The number of rotatable bonds is 9. The van der Waals surface area contributed by atoms with E-state index < -0.39 is 34.6 Å². The van der Waals surface area contributed by atoms with Crippen LogP contribution in [0.25, 0.3) is 0 Å². The number of pyridine rings is 1. The number of aliphatic carboxylic acids is 2. The van der Waals surface area contributed by atoms with Gasteiger partial charge >= 0.3 is 17.6 Å². The molecule has 10 nitrogen and oxygen atoms in total. The summed E-state index contributed by atoms with van der Waals surface area (Å²) >= 11 is 0. The van der Waals surface area contributed by atoms with Gasteiger partial charge in [0.2, 0.25) is 5.82 Å². The van der Waals surface area contributed by atoms with Crippen LogP contribution >= 0.6 is 0 Å². The standard InChI is InChI=1S/C18H20N4O6/c1-10(2)14(17(23)24)21-16-12(22(27)28)8-9-13(20-16)19-15(18(25)26)11-6-4-3-5-7-11/h3-10,14-15H,1-2H3,(H,23,24)(H,25,26)(H2,19,20,21). The van der Waals surface area contributed by atoms with Crippen LogP contribution in [0.15, 0.2) is 42.5 Å². The molecule has 0 spiro atoms. The minimum Gasteiger partial charge on any atom is -0.480 e. The molecule has 148 valence electrons. The molecule has 10 heteroatoms. The number of nitrogens with one attached hydrogen (secondary N) is 2. The van der Waals surface area contributed by atoms with Crippen molar-refractivity contribution in [3.63, 3.8) is 0 Å². The van der Waals surface area contributed by atoms with Crippen molar-refractivity contribution in [1.82, 2.24) is 4.98 Å². The third kappa shape index (κ3) is 4.93. The highest BCUT2D eigenvalue weighted by Gasteiger charge is 2.27. The molecule has 2 unspecified atom stereocenters.